The van der Waals surface area contributed by atoms with Gasteiger partial charge in [0.2, 0.25) is 5.91 Å². The molecule has 1 fully saturated rings. The second-order valence-corrected chi connectivity index (χ2v) is 7.27. The second-order valence-electron chi connectivity index (χ2n) is 7.27. The number of carbonyl (C=O) groups excluding carboxylic acids is 1. The van der Waals surface area contributed by atoms with E-state index in [4.69, 9.17) is 10.5 Å². The molecule has 0 bridgehead atoms. The first kappa shape index (κ1) is 16.0. The molecule has 1 amide bonds. The highest BCUT2D eigenvalue weighted by molar-refractivity contribution is 5.79. The smallest absolute Gasteiger partial charge is 0.224 e. The van der Waals surface area contributed by atoms with Crippen molar-refractivity contribution in [1.82, 2.24) is 5.32 Å². The minimum absolute atomic E-state index is 0.0179. The van der Waals surface area contributed by atoms with Crippen molar-refractivity contribution in [2.75, 3.05) is 5.73 Å². The Morgan fingerprint density at radius 3 is 2.60 bits per heavy atom. The van der Waals surface area contributed by atoms with Gasteiger partial charge in [-0.2, -0.15) is 0 Å². The number of hydrogen-bond donors (Lipinski definition) is 2. The number of fused-ring (bicyclic) bond motifs is 1. The van der Waals surface area contributed by atoms with Crippen LogP contribution in [0, 0.1) is 0 Å². The summed E-state index contributed by atoms with van der Waals surface area (Å²) in [5, 5.41) is 3.24. The zero-order valence-electron chi connectivity index (χ0n) is 14.3. The molecular weight excluding hydrogens is 312 g/mol. The summed E-state index contributed by atoms with van der Waals surface area (Å²) in [7, 11) is 0. The van der Waals surface area contributed by atoms with Gasteiger partial charge in [-0.05, 0) is 49.4 Å². The molecule has 1 atom stereocenters. The highest BCUT2D eigenvalue weighted by Gasteiger charge is 2.43. The SMILES string of the molecule is Nc1ccc(CC(=O)NC2CC3(CCCC3)Oc3ccccc32)cc1. The quantitative estimate of drug-likeness (QED) is 0.839. The van der Waals surface area contributed by atoms with Crippen molar-refractivity contribution in [1.29, 1.82) is 0 Å². The van der Waals surface area contributed by atoms with Crippen LogP contribution in [0.2, 0.25) is 0 Å². The molecule has 2 aliphatic rings. The van der Waals surface area contributed by atoms with Gasteiger partial charge in [0.05, 0.1) is 12.5 Å². The monoisotopic (exact) mass is 336 g/mol. The van der Waals surface area contributed by atoms with Crippen LogP contribution >= 0.6 is 0 Å². The zero-order valence-corrected chi connectivity index (χ0v) is 14.3. The fourth-order valence-electron chi connectivity index (χ4n) is 4.14. The van der Waals surface area contributed by atoms with Gasteiger partial charge in [-0.15, -0.1) is 0 Å². The van der Waals surface area contributed by atoms with Gasteiger partial charge in [0.25, 0.3) is 0 Å². The van der Waals surface area contributed by atoms with Crippen molar-refractivity contribution in [2.24, 2.45) is 0 Å². The standard InChI is InChI=1S/C21H24N2O2/c22-16-9-7-15(8-10-16)13-20(24)23-18-14-21(11-3-4-12-21)25-19-6-2-1-5-17(18)19/h1-2,5-10,18H,3-4,11-14,22H2,(H,23,24). The van der Waals surface area contributed by atoms with Crippen molar-refractivity contribution >= 4 is 11.6 Å². The number of hydrogen-bond acceptors (Lipinski definition) is 3. The predicted octanol–water partition coefficient (Wildman–Crippen LogP) is 3.76. The average molecular weight is 336 g/mol. The van der Waals surface area contributed by atoms with Crippen molar-refractivity contribution < 1.29 is 9.53 Å². The van der Waals surface area contributed by atoms with Gasteiger partial charge in [-0.25, -0.2) is 0 Å². The molecule has 0 aromatic heterocycles. The molecular formula is C21H24N2O2. The first-order valence-electron chi connectivity index (χ1n) is 9.05. The summed E-state index contributed by atoms with van der Waals surface area (Å²) >= 11 is 0. The molecule has 3 N–H and O–H groups in total. The minimum Gasteiger partial charge on any atom is -0.487 e. The first-order valence-corrected chi connectivity index (χ1v) is 9.05. The van der Waals surface area contributed by atoms with Crippen molar-refractivity contribution in [2.45, 2.75) is 50.2 Å². The lowest BCUT2D eigenvalue weighted by atomic mass is 9.86. The van der Waals surface area contributed by atoms with Crippen LogP contribution in [0.1, 0.15) is 49.3 Å². The Bertz CT molecular complexity index is 764. The van der Waals surface area contributed by atoms with E-state index < -0.39 is 0 Å². The molecule has 1 saturated carbocycles. The molecule has 4 rings (SSSR count). The fourth-order valence-corrected chi connectivity index (χ4v) is 4.14. The third kappa shape index (κ3) is 3.34. The van der Waals surface area contributed by atoms with Crippen LogP contribution in [0.15, 0.2) is 48.5 Å². The predicted molar refractivity (Wildman–Crippen MR) is 98.3 cm³/mol. The van der Waals surface area contributed by atoms with Gasteiger partial charge in [0.15, 0.2) is 0 Å². The molecule has 25 heavy (non-hydrogen) atoms. The van der Waals surface area contributed by atoms with E-state index >= 15 is 0 Å². The van der Waals surface area contributed by atoms with Gasteiger partial charge in [-0.3, -0.25) is 4.79 Å². The van der Waals surface area contributed by atoms with Crippen LogP contribution < -0.4 is 15.8 Å². The van der Waals surface area contributed by atoms with E-state index in [-0.39, 0.29) is 17.6 Å². The fraction of sp³-hybridized carbons (Fsp3) is 0.381. The summed E-state index contributed by atoms with van der Waals surface area (Å²) in [6.45, 7) is 0. The van der Waals surface area contributed by atoms with Crippen molar-refractivity contribution in [3.8, 4) is 5.75 Å². The molecule has 0 radical (unpaired) electrons. The summed E-state index contributed by atoms with van der Waals surface area (Å²) in [5.41, 5.74) is 8.39. The molecule has 2 aromatic carbocycles. The van der Waals surface area contributed by atoms with Crippen LogP contribution in [0.5, 0.6) is 5.75 Å². The Kier molecular flexibility index (Phi) is 4.12. The van der Waals surface area contributed by atoms with E-state index in [9.17, 15) is 4.79 Å². The number of benzene rings is 2. The van der Waals surface area contributed by atoms with E-state index in [1.165, 1.54) is 12.8 Å². The second kappa shape index (κ2) is 6.43. The molecule has 0 saturated heterocycles. The van der Waals surface area contributed by atoms with Crippen LogP contribution in [-0.4, -0.2) is 11.5 Å². The van der Waals surface area contributed by atoms with Crippen molar-refractivity contribution in [3.63, 3.8) is 0 Å². The van der Waals surface area contributed by atoms with Crippen LogP contribution in [-0.2, 0) is 11.2 Å². The van der Waals surface area contributed by atoms with E-state index in [1.54, 1.807) is 0 Å². The highest BCUT2D eigenvalue weighted by atomic mass is 16.5. The van der Waals surface area contributed by atoms with E-state index in [1.807, 2.05) is 42.5 Å². The third-order valence-corrected chi connectivity index (χ3v) is 5.39. The van der Waals surface area contributed by atoms with Crippen LogP contribution in [0.4, 0.5) is 5.69 Å². The maximum atomic E-state index is 12.6. The Morgan fingerprint density at radius 1 is 1.12 bits per heavy atom. The summed E-state index contributed by atoms with van der Waals surface area (Å²) in [4.78, 5) is 12.6. The molecule has 4 heteroatoms. The van der Waals surface area contributed by atoms with Crippen LogP contribution in [0.25, 0.3) is 0 Å². The van der Waals surface area contributed by atoms with Gasteiger partial charge in [0, 0.05) is 17.7 Å². The number of ether oxygens (including phenoxy) is 1. The molecule has 1 aliphatic heterocycles. The summed E-state index contributed by atoms with van der Waals surface area (Å²) in [6.07, 6.45) is 5.78. The molecule has 2 aromatic rings. The molecule has 1 spiro atoms. The first-order chi connectivity index (χ1) is 12.1. The number of nitrogens with two attached hydrogens (primary N) is 1. The van der Waals surface area contributed by atoms with Gasteiger partial charge >= 0.3 is 0 Å². The summed E-state index contributed by atoms with van der Waals surface area (Å²) in [5.74, 6) is 0.966. The van der Waals surface area contributed by atoms with E-state index in [0.717, 1.165) is 36.1 Å². The Hall–Kier alpha value is -2.49. The lowest BCUT2D eigenvalue weighted by Crippen LogP contribution is -2.43. The third-order valence-electron chi connectivity index (χ3n) is 5.39. The maximum Gasteiger partial charge on any atom is 0.224 e. The van der Waals surface area contributed by atoms with Gasteiger partial charge < -0.3 is 15.8 Å². The summed E-state index contributed by atoms with van der Waals surface area (Å²) < 4.78 is 6.36. The average Bonchev–Trinajstić information content (AvgIpc) is 3.04. The normalized spacial score (nSPS) is 20.7. The largest absolute Gasteiger partial charge is 0.487 e. The number of amides is 1. The Balaban J connectivity index is 1.52. The van der Waals surface area contributed by atoms with Gasteiger partial charge in [0.1, 0.15) is 11.4 Å². The van der Waals surface area contributed by atoms with Gasteiger partial charge in [-0.1, -0.05) is 30.3 Å². The zero-order chi connectivity index (χ0) is 17.3. The minimum atomic E-state index is -0.104. The van der Waals surface area contributed by atoms with E-state index in [2.05, 4.69) is 11.4 Å². The van der Waals surface area contributed by atoms with Crippen LogP contribution in [0.3, 0.4) is 0 Å². The molecule has 130 valence electrons. The molecule has 1 unspecified atom stereocenters. The number of anilines is 1. The lowest BCUT2D eigenvalue weighted by molar-refractivity contribution is -0.121. The molecule has 4 nitrogen and oxygen atoms in total. The van der Waals surface area contributed by atoms with Crippen molar-refractivity contribution in [3.05, 3.63) is 59.7 Å². The topological polar surface area (TPSA) is 64.4 Å². The number of rotatable bonds is 3. The summed E-state index contributed by atoms with van der Waals surface area (Å²) in [6, 6.07) is 15.6. The Labute approximate surface area is 148 Å². The molecule has 1 heterocycles. The number of carbonyl (C=O) groups is 1. The van der Waals surface area contributed by atoms with E-state index in [0.29, 0.717) is 12.1 Å². The lowest BCUT2D eigenvalue weighted by Gasteiger charge is -2.40. The maximum absolute atomic E-state index is 12.6. The Morgan fingerprint density at radius 2 is 1.84 bits per heavy atom. The number of para-hydroxylation sites is 1. The molecule has 1 aliphatic carbocycles. The number of nitrogen functional groups attached to an aromatic ring is 1. The number of nitrogens with one attached hydrogen (secondary N) is 1. The highest BCUT2D eigenvalue weighted by Crippen LogP contribution is 2.46.